The molecule has 0 unspecified atom stereocenters. The van der Waals surface area contributed by atoms with Crippen LogP contribution in [0.4, 0.5) is 0 Å². The van der Waals surface area contributed by atoms with E-state index in [0.29, 0.717) is 23.2 Å². The average molecular weight is 461 g/mol. The normalized spacial score (nSPS) is 13.2. The van der Waals surface area contributed by atoms with Crippen molar-refractivity contribution in [2.24, 2.45) is 0 Å². The molecule has 0 saturated heterocycles. The van der Waals surface area contributed by atoms with Gasteiger partial charge in [-0.3, -0.25) is 19.4 Å². The fraction of sp³-hybridized carbons (Fsp3) is 0.0833. The van der Waals surface area contributed by atoms with Gasteiger partial charge in [0, 0.05) is 35.1 Å². The molecule has 3 aromatic rings. The number of halogens is 1. The summed E-state index contributed by atoms with van der Waals surface area (Å²) in [7, 11) is 0. The highest BCUT2D eigenvalue weighted by Crippen LogP contribution is 2.28. The summed E-state index contributed by atoms with van der Waals surface area (Å²) in [6.45, 7) is 0.348. The van der Waals surface area contributed by atoms with E-state index in [-0.39, 0.29) is 33.9 Å². The zero-order chi connectivity index (χ0) is 21.1. The van der Waals surface area contributed by atoms with E-state index in [4.69, 9.17) is 0 Å². The molecule has 2 aromatic carbocycles. The van der Waals surface area contributed by atoms with Crippen LogP contribution in [0.1, 0.15) is 42.3 Å². The molecule has 4 rings (SSSR count). The number of hydrogen-bond acceptors (Lipinski definition) is 5. The van der Waals surface area contributed by atoms with Gasteiger partial charge in [-0.15, -0.1) is 0 Å². The third-order valence-electron chi connectivity index (χ3n) is 4.88. The Labute approximate surface area is 182 Å². The van der Waals surface area contributed by atoms with E-state index in [1.165, 1.54) is 0 Å². The van der Waals surface area contributed by atoms with Gasteiger partial charge in [0.05, 0.1) is 10.9 Å². The van der Waals surface area contributed by atoms with Gasteiger partial charge in [0.1, 0.15) is 5.70 Å². The molecule has 6 heteroatoms. The number of allylic oxidation sites excluding steroid dienone is 2. The molecule has 0 spiro atoms. The van der Waals surface area contributed by atoms with Gasteiger partial charge in [-0.2, -0.15) is 0 Å². The Morgan fingerprint density at radius 3 is 2.20 bits per heavy atom. The Kier molecular flexibility index (Phi) is 5.68. The Morgan fingerprint density at radius 2 is 1.53 bits per heavy atom. The van der Waals surface area contributed by atoms with E-state index in [9.17, 15) is 14.4 Å². The maximum Gasteiger partial charge on any atom is 0.210 e. The highest BCUT2D eigenvalue weighted by atomic mass is 79.9. The van der Waals surface area contributed by atoms with Crippen molar-refractivity contribution in [3.05, 3.63) is 111 Å². The summed E-state index contributed by atoms with van der Waals surface area (Å²) in [5, 5.41) is 3.06. The van der Waals surface area contributed by atoms with Gasteiger partial charge in [0.25, 0.3) is 0 Å². The number of benzene rings is 2. The first-order valence-electron chi connectivity index (χ1n) is 9.38. The first-order chi connectivity index (χ1) is 14.5. The summed E-state index contributed by atoms with van der Waals surface area (Å²) >= 11 is 3.26. The second-order valence-corrected chi connectivity index (χ2v) is 7.66. The third-order valence-corrected chi connectivity index (χ3v) is 5.63. The van der Waals surface area contributed by atoms with E-state index >= 15 is 0 Å². The lowest BCUT2D eigenvalue weighted by atomic mass is 9.92. The summed E-state index contributed by atoms with van der Waals surface area (Å²) in [5.74, 6) is -0.453. The Balaban J connectivity index is 1.44. The topological polar surface area (TPSA) is 76.1 Å². The number of carbonyl (C=O) groups excluding carboxylic acids is 3. The zero-order valence-corrected chi connectivity index (χ0v) is 17.5. The second-order valence-electron chi connectivity index (χ2n) is 6.86. The quantitative estimate of drug-likeness (QED) is 0.555. The minimum atomic E-state index is -0.223. The maximum atomic E-state index is 12.8. The summed E-state index contributed by atoms with van der Waals surface area (Å²) in [6, 6.07) is 19.4. The molecule has 0 fully saturated rings. The number of Topliss-reactive ketones (excluding diaryl/α,β-unsaturated/α-hetero) is 3. The van der Waals surface area contributed by atoms with Crippen LogP contribution in [0.5, 0.6) is 0 Å². The lowest BCUT2D eigenvalue weighted by Crippen LogP contribution is -2.28. The lowest BCUT2D eigenvalue weighted by molar-refractivity contribution is 0.0975. The fourth-order valence-electron chi connectivity index (χ4n) is 3.27. The standard InChI is InChI=1S/C24H17BrN2O3/c25-21-22(24(30)19-7-2-1-6-18(19)23(21)29)27-14-15-8-10-16(11-9-15)20(28)13-17-5-3-4-12-26-17/h1-12,27H,13-14H2. The van der Waals surface area contributed by atoms with Crippen molar-refractivity contribution in [3.8, 4) is 0 Å². The van der Waals surface area contributed by atoms with Crippen molar-refractivity contribution in [1.29, 1.82) is 0 Å². The van der Waals surface area contributed by atoms with Crippen LogP contribution < -0.4 is 5.32 Å². The molecule has 1 aromatic heterocycles. The van der Waals surface area contributed by atoms with Crippen LogP contribution in [0.3, 0.4) is 0 Å². The molecule has 30 heavy (non-hydrogen) atoms. The highest BCUT2D eigenvalue weighted by Gasteiger charge is 2.30. The molecule has 0 atom stereocenters. The third kappa shape index (κ3) is 4.00. The van der Waals surface area contributed by atoms with Crippen molar-refractivity contribution < 1.29 is 14.4 Å². The highest BCUT2D eigenvalue weighted by molar-refractivity contribution is 9.12. The van der Waals surface area contributed by atoms with Crippen molar-refractivity contribution in [2.45, 2.75) is 13.0 Å². The van der Waals surface area contributed by atoms with Crippen molar-refractivity contribution >= 4 is 33.3 Å². The smallest absolute Gasteiger partial charge is 0.210 e. The van der Waals surface area contributed by atoms with E-state index in [1.54, 1.807) is 42.6 Å². The largest absolute Gasteiger partial charge is 0.377 e. The van der Waals surface area contributed by atoms with Gasteiger partial charge in [-0.1, -0.05) is 54.6 Å². The number of carbonyl (C=O) groups is 3. The molecule has 0 aliphatic heterocycles. The summed E-state index contributed by atoms with van der Waals surface area (Å²) in [6.07, 6.45) is 1.91. The minimum absolute atomic E-state index is 0.0108. The van der Waals surface area contributed by atoms with Crippen LogP contribution >= 0.6 is 15.9 Å². The number of aromatic nitrogens is 1. The predicted octanol–water partition coefficient (Wildman–Crippen LogP) is 4.28. The van der Waals surface area contributed by atoms with Crippen molar-refractivity contribution in [3.63, 3.8) is 0 Å². The molecule has 148 valence electrons. The Morgan fingerprint density at radius 1 is 0.867 bits per heavy atom. The molecular formula is C24H17BrN2O3. The summed E-state index contributed by atoms with van der Waals surface area (Å²) in [5.41, 5.74) is 3.25. The van der Waals surface area contributed by atoms with Crippen LogP contribution in [-0.4, -0.2) is 22.3 Å². The van der Waals surface area contributed by atoms with Gasteiger partial charge >= 0.3 is 0 Å². The number of ketones is 3. The molecule has 0 amide bonds. The molecule has 1 N–H and O–H groups in total. The Hall–Kier alpha value is -3.38. The average Bonchev–Trinajstić information content (AvgIpc) is 2.78. The Bertz CT molecular complexity index is 1170. The maximum absolute atomic E-state index is 12.8. The first-order valence-corrected chi connectivity index (χ1v) is 10.2. The monoisotopic (exact) mass is 460 g/mol. The number of nitrogens with zero attached hydrogens (tertiary/aromatic N) is 1. The molecule has 0 radical (unpaired) electrons. The van der Waals surface area contributed by atoms with Gasteiger partial charge in [-0.25, -0.2) is 0 Å². The lowest BCUT2D eigenvalue weighted by Gasteiger charge is -2.19. The van der Waals surface area contributed by atoms with Gasteiger partial charge in [-0.05, 0) is 33.6 Å². The van der Waals surface area contributed by atoms with E-state index < -0.39 is 0 Å². The van der Waals surface area contributed by atoms with Crippen LogP contribution in [0.2, 0.25) is 0 Å². The molecule has 0 saturated carbocycles. The molecule has 1 aliphatic carbocycles. The van der Waals surface area contributed by atoms with Crippen LogP contribution in [0, 0.1) is 0 Å². The number of pyridine rings is 1. The van der Waals surface area contributed by atoms with Gasteiger partial charge in [0.2, 0.25) is 11.6 Å². The number of nitrogens with one attached hydrogen (secondary N) is 1. The van der Waals surface area contributed by atoms with Gasteiger partial charge < -0.3 is 5.32 Å². The fourth-order valence-corrected chi connectivity index (χ4v) is 3.81. The van der Waals surface area contributed by atoms with E-state index in [1.807, 2.05) is 30.3 Å². The molecule has 1 heterocycles. The number of fused-ring (bicyclic) bond motifs is 1. The van der Waals surface area contributed by atoms with Gasteiger partial charge in [0.15, 0.2) is 5.78 Å². The molecule has 5 nitrogen and oxygen atoms in total. The number of hydrogen-bond donors (Lipinski definition) is 1. The summed E-state index contributed by atoms with van der Waals surface area (Å²) < 4.78 is 0.230. The van der Waals surface area contributed by atoms with Crippen LogP contribution in [-0.2, 0) is 13.0 Å². The van der Waals surface area contributed by atoms with Crippen molar-refractivity contribution in [2.75, 3.05) is 0 Å². The summed E-state index contributed by atoms with van der Waals surface area (Å²) in [4.78, 5) is 41.9. The SMILES string of the molecule is O=C(Cc1ccccn1)c1ccc(CNC2=C(Br)C(=O)c3ccccc3C2=O)cc1. The second kappa shape index (κ2) is 8.55. The van der Waals surface area contributed by atoms with Crippen LogP contribution in [0.25, 0.3) is 0 Å². The number of rotatable bonds is 6. The zero-order valence-electron chi connectivity index (χ0n) is 15.9. The first kappa shape index (κ1) is 19.9. The van der Waals surface area contributed by atoms with E-state index in [2.05, 4.69) is 26.2 Å². The predicted molar refractivity (Wildman–Crippen MR) is 117 cm³/mol. The minimum Gasteiger partial charge on any atom is -0.377 e. The van der Waals surface area contributed by atoms with Crippen LogP contribution in [0.15, 0.2) is 83.1 Å². The van der Waals surface area contributed by atoms with Crippen molar-refractivity contribution in [1.82, 2.24) is 10.3 Å². The molecule has 1 aliphatic rings. The molecule has 0 bridgehead atoms. The van der Waals surface area contributed by atoms with E-state index in [0.717, 1.165) is 11.3 Å². The molecular weight excluding hydrogens is 444 g/mol.